The number of rotatable bonds is 7. The van der Waals surface area contributed by atoms with Crippen molar-refractivity contribution in [3.63, 3.8) is 0 Å². The molecule has 12 aromatic rings. The molecule has 0 fully saturated rings. The number of nitrogens with zero attached hydrogens (tertiary/aromatic N) is 4. The molecule has 0 aliphatic heterocycles. The van der Waals surface area contributed by atoms with Crippen molar-refractivity contribution in [1.82, 2.24) is 19.5 Å². The minimum Gasteiger partial charge on any atom is -0.455 e. The van der Waals surface area contributed by atoms with Crippen LogP contribution in [-0.4, -0.2) is 19.5 Å². The maximum absolute atomic E-state index is 6.99. The molecule has 3 aromatic heterocycles. The van der Waals surface area contributed by atoms with Crippen molar-refractivity contribution >= 4 is 43.7 Å². The Hall–Kier alpha value is -8.41. The Bertz CT molecular complexity index is 3540. The lowest BCUT2D eigenvalue weighted by molar-refractivity contribution is 0.670. The average Bonchev–Trinajstić information content (AvgIpc) is 3.89. The molecule has 0 radical (unpaired) electrons. The monoisotopic (exact) mass is 792 g/mol. The van der Waals surface area contributed by atoms with Gasteiger partial charge in [0.15, 0.2) is 17.5 Å². The summed E-state index contributed by atoms with van der Waals surface area (Å²) in [4.78, 5) is 15.0. The molecule has 0 N–H and O–H groups in total. The summed E-state index contributed by atoms with van der Waals surface area (Å²) in [6, 6.07) is 76.5. The third-order valence-electron chi connectivity index (χ3n) is 11.9. The Morgan fingerprint density at radius 2 is 0.774 bits per heavy atom. The van der Waals surface area contributed by atoms with E-state index in [0.717, 1.165) is 72.0 Å². The van der Waals surface area contributed by atoms with E-state index < -0.39 is 0 Å². The van der Waals surface area contributed by atoms with Crippen molar-refractivity contribution in [2.24, 2.45) is 0 Å². The fourth-order valence-corrected chi connectivity index (χ4v) is 8.81. The number of fused-ring (bicyclic) bond motifs is 6. The van der Waals surface area contributed by atoms with E-state index in [1.165, 1.54) is 27.5 Å². The molecule has 62 heavy (non-hydrogen) atoms. The van der Waals surface area contributed by atoms with Crippen LogP contribution in [0.25, 0.3) is 117 Å². The molecule has 12 rings (SSSR count). The molecule has 290 valence electrons. The molecular weight excluding hydrogens is 757 g/mol. The average molecular weight is 793 g/mol. The van der Waals surface area contributed by atoms with E-state index in [2.05, 4.69) is 162 Å². The largest absolute Gasteiger partial charge is 0.455 e. The normalized spacial score (nSPS) is 11.5. The molecule has 3 heterocycles. The summed E-state index contributed by atoms with van der Waals surface area (Å²) >= 11 is 0. The molecule has 0 aliphatic rings. The molecule has 5 heteroatoms. The van der Waals surface area contributed by atoms with Crippen molar-refractivity contribution in [2.75, 3.05) is 0 Å². The summed E-state index contributed by atoms with van der Waals surface area (Å²) in [6.07, 6.45) is 0. The van der Waals surface area contributed by atoms with E-state index in [-0.39, 0.29) is 0 Å². The minimum atomic E-state index is 0.581. The number of aromatic nitrogens is 4. The Labute approximate surface area is 357 Å². The molecule has 0 aliphatic carbocycles. The lowest BCUT2D eigenvalue weighted by Gasteiger charge is -2.13. The third kappa shape index (κ3) is 6.14. The van der Waals surface area contributed by atoms with Gasteiger partial charge < -0.3 is 8.98 Å². The van der Waals surface area contributed by atoms with Gasteiger partial charge in [-0.25, -0.2) is 15.0 Å². The van der Waals surface area contributed by atoms with Crippen LogP contribution in [0.15, 0.2) is 223 Å². The number of para-hydroxylation sites is 1. The molecule has 0 amide bonds. The Kier molecular flexibility index (Phi) is 8.42. The van der Waals surface area contributed by atoms with Crippen LogP contribution in [-0.2, 0) is 0 Å². The second-order valence-electron chi connectivity index (χ2n) is 15.6. The van der Waals surface area contributed by atoms with E-state index >= 15 is 0 Å². The molecular formula is C57H36N4O. The van der Waals surface area contributed by atoms with Crippen molar-refractivity contribution in [2.45, 2.75) is 0 Å². The van der Waals surface area contributed by atoms with Crippen LogP contribution < -0.4 is 0 Å². The summed E-state index contributed by atoms with van der Waals surface area (Å²) in [6.45, 7) is 0. The molecule has 0 bridgehead atoms. The first-order valence-electron chi connectivity index (χ1n) is 20.8. The standard InChI is InChI=1S/C57H36N4O/c1-5-15-37(16-6-1)39-25-27-40(28-26-39)49-35-45(61-51-24-14-13-23-46(51)47-31-29-43(33-52(47)61)38-17-7-2-8-18-38)36-50-48-32-30-44(34-53(48)62-54(49)50)57-59-55(41-19-9-3-10-20-41)58-56(60-57)42-21-11-4-12-22-42/h1-36H. The summed E-state index contributed by atoms with van der Waals surface area (Å²) < 4.78 is 9.40. The fourth-order valence-electron chi connectivity index (χ4n) is 8.81. The summed E-state index contributed by atoms with van der Waals surface area (Å²) in [5.41, 5.74) is 14.4. The van der Waals surface area contributed by atoms with Gasteiger partial charge in [0.05, 0.1) is 11.0 Å². The van der Waals surface area contributed by atoms with Gasteiger partial charge in [-0.05, 0) is 64.2 Å². The highest BCUT2D eigenvalue weighted by Crippen LogP contribution is 2.42. The zero-order valence-corrected chi connectivity index (χ0v) is 33.5. The summed E-state index contributed by atoms with van der Waals surface area (Å²) in [5, 5.41) is 4.46. The van der Waals surface area contributed by atoms with Gasteiger partial charge in [-0.2, -0.15) is 0 Å². The number of furan rings is 1. The summed E-state index contributed by atoms with van der Waals surface area (Å²) in [7, 11) is 0. The second kappa shape index (κ2) is 14.7. The number of hydrogen-bond donors (Lipinski definition) is 0. The highest BCUT2D eigenvalue weighted by Gasteiger charge is 2.21. The zero-order chi connectivity index (χ0) is 41.0. The van der Waals surface area contributed by atoms with Crippen molar-refractivity contribution in [1.29, 1.82) is 0 Å². The Balaban J connectivity index is 1.08. The predicted octanol–water partition coefficient (Wildman–Crippen LogP) is 14.9. The van der Waals surface area contributed by atoms with E-state index in [0.29, 0.717) is 17.5 Å². The fraction of sp³-hybridized carbons (Fsp3) is 0. The van der Waals surface area contributed by atoms with Crippen molar-refractivity contribution in [3.05, 3.63) is 218 Å². The van der Waals surface area contributed by atoms with Crippen LogP contribution in [0, 0.1) is 0 Å². The second-order valence-corrected chi connectivity index (χ2v) is 15.6. The SMILES string of the molecule is c1ccc(-c2ccc(-c3cc(-n4c5ccccc5c5ccc(-c6ccccc6)cc54)cc4c3oc3cc(-c5nc(-c6ccccc6)nc(-c6ccccc6)n5)ccc34)cc2)cc1. The van der Waals surface area contributed by atoms with Gasteiger partial charge in [-0.1, -0.05) is 182 Å². The van der Waals surface area contributed by atoms with Crippen LogP contribution in [0.3, 0.4) is 0 Å². The van der Waals surface area contributed by atoms with Crippen LogP contribution in [0.5, 0.6) is 0 Å². The Morgan fingerprint density at radius 1 is 0.306 bits per heavy atom. The highest BCUT2D eigenvalue weighted by molar-refractivity contribution is 6.14. The first-order valence-corrected chi connectivity index (χ1v) is 20.8. The molecule has 5 nitrogen and oxygen atoms in total. The van der Waals surface area contributed by atoms with E-state index in [1.807, 2.05) is 60.7 Å². The smallest absolute Gasteiger partial charge is 0.164 e. The van der Waals surface area contributed by atoms with E-state index in [4.69, 9.17) is 19.4 Å². The van der Waals surface area contributed by atoms with Gasteiger partial charge in [-0.3, -0.25) is 0 Å². The van der Waals surface area contributed by atoms with Crippen LogP contribution in [0.1, 0.15) is 0 Å². The molecule has 0 saturated carbocycles. The van der Waals surface area contributed by atoms with Gasteiger partial charge in [0.2, 0.25) is 0 Å². The summed E-state index contributed by atoms with van der Waals surface area (Å²) in [5.74, 6) is 1.82. The van der Waals surface area contributed by atoms with Crippen LogP contribution >= 0.6 is 0 Å². The van der Waals surface area contributed by atoms with Gasteiger partial charge in [0, 0.05) is 49.5 Å². The van der Waals surface area contributed by atoms with Crippen molar-refractivity contribution < 1.29 is 4.42 Å². The molecule has 0 saturated heterocycles. The molecule has 0 unspecified atom stereocenters. The first-order chi connectivity index (χ1) is 30.7. The van der Waals surface area contributed by atoms with E-state index in [9.17, 15) is 0 Å². The van der Waals surface area contributed by atoms with Crippen LogP contribution in [0.4, 0.5) is 0 Å². The topological polar surface area (TPSA) is 56.7 Å². The third-order valence-corrected chi connectivity index (χ3v) is 11.9. The lowest BCUT2D eigenvalue weighted by Crippen LogP contribution is -2.00. The maximum Gasteiger partial charge on any atom is 0.164 e. The number of hydrogen-bond acceptors (Lipinski definition) is 4. The van der Waals surface area contributed by atoms with Gasteiger partial charge in [0.25, 0.3) is 0 Å². The molecule has 0 spiro atoms. The van der Waals surface area contributed by atoms with Gasteiger partial charge in [0.1, 0.15) is 11.2 Å². The zero-order valence-electron chi connectivity index (χ0n) is 33.5. The molecule has 9 aromatic carbocycles. The quantitative estimate of drug-likeness (QED) is 0.161. The maximum atomic E-state index is 6.99. The van der Waals surface area contributed by atoms with Crippen molar-refractivity contribution in [3.8, 4) is 73.2 Å². The number of benzene rings is 9. The van der Waals surface area contributed by atoms with Gasteiger partial charge in [-0.15, -0.1) is 0 Å². The minimum absolute atomic E-state index is 0.581. The lowest BCUT2D eigenvalue weighted by atomic mass is 9.98. The predicted molar refractivity (Wildman–Crippen MR) is 254 cm³/mol. The Morgan fingerprint density at radius 3 is 1.42 bits per heavy atom. The highest BCUT2D eigenvalue weighted by atomic mass is 16.3. The van der Waals surface area contributed by atoms with Gasteiger partial charge >= 0.3 is 0 Å². The molecule has 0 atom stereocenters. The van der Waals surface area contributed by atoms with Crippen LogP contribution in [0.2, 0.25) is 0 Å². The first kappa shape index (κ1) is 35.5. The van der Waals surface area contributed by atoms with E-state index in [1.54, 1.807) is 0 Å².